The Bertz CT molecular complexity index is 935. The molecule has 3 unspecified atom stereocenters. The number of methoxy groups -OCH3 is 1. The number of amides is 2. The number of hydrogen-bond acceptors (Lipinski definition) is 3. The molecule has 2 aromatic rings. The van der Waals surface area contributed by atoms with E-state index >= 15 is 0 Å². The molecule has 4 rings (SSSR count). The highest BCUT2D eigenvalue weighted by Crippen LogP contribution is 2.52. The van der Waals surface area contributed by atoms with Gasteiger partial charge in [0.15, 0.2) is 0 Å². The standard InChI is InChI=1S/C20H18BrClN2O3/c1-27-17-9-18(25)23-10-15(11-3-2-4-13(22)7-11)20(17)14-6-5-12(21)8-16(14)24-19(20)26/h2-8,15,17H,9-10H2,1H3,(H,23,25)(H,24,26). The second-order valence-corrected chi connectivity index (χ2v) is 8.21. The number of benzene rings is 2. The summed E-state index contributed by atoms with van der Waals surface area (Å²) < 4.78 is 6.62. The fourth-order valence-electron chi connectivity index (χ4n) is 4.37. The Kier molecular flexibility index (Phi) is 4.74. The summed E-state index contributed by atoms with van der Waals surface area (Å²) in [6.45, 7) is 0.321. The van der Waals surface area contributed by atoms with E-state index < -0.39 is 11.5 Å². The maximum absolute atomic E-state index is 13.4. The molecule has 0 saturated carbocycles. The number of halogens is 2. The second kappa shape index (κ2) is 6.93. The van der Waals surface area contributed by atoms with Crippen LogP contribution in [0.1, 0.15) is 23.5 Å². The molecule has 5 nitrogen and oxygen atoms in total. The topological polar surface area (TPSA) is 67.4 Å². The summed E-state index contributed by atoms with van der Waals surface area (Å²) in [6, 6.07) is 13.1. The molecule has 0 aliphatic carbocycles. The van der Waals surface area contributed by atoms with E-state index in [1.165, 1.54) is 0 Å². The number of fused-ring (bicyclic) bond motifs is 2. The van der Waals surface area contributed by atoms with Crippen LogP contribution < -0.4 is 10.6 Å². The van der Waals surface area contributed by atoms with Crippen molar-refractivity contribution >= 4 is 45.0 Å². The number of rotatable bonds is 2. The molecule has 2 heterocycles. The lowest BCUT2D eigenvalue weighted by molar-refractivity contribution is -0.129. The highest BCUT2D eigenvalue weighted by Gasteiger charge is 2.59. The molecule has 140 valence electrons. The summed E-state index contributed by atoms with van der Waals surface area (Å²) in [7, 11) is 1.55. The van der Waals surface area contributed by atoms with Crippen molar-refractivity contribution in [2.24, 2.45) is 0 Å². The van der Waals surface area contributed by atoms with Gasteiger partial charge in [0, 0.05) is 34.8 Å². The summed E-state index contributed by atoms with van der Waals surface area (Å²) in [5, 5.41) is 6.52. The minimum atomic E-state index is -1.03. The van der Waals surface area contributed by atoms with Crippen molar-refractivity contribution in [3.8, 4) is 0 Å². The predicted molar refractivity (Wildman–Crippen MR) is 107 cm³/mol. The average molecular weight is 450 g/mol. The third kappa shape index (κ3) is 2.87. The van der Waals surface area contributed by atoms with Crippen LogP contribution in [0.15, 0.2) is 46.9 Å². The average Bonchev–Trinajstić information content (AvgIpc) is 2.81. The Morgan fingerprint density at radius 2 is 2.04 bits per heavy atom. The lowest BCUT2D eigenvalue weighted by atomic mass is 9.64. The van der Waals surface area contributed by atoms with Crippen LogP contribution in [0.3, 0.4) is 0 Å². The third-order valence-corrected chi connectivity index (χ3v) is 6.25. The number of carbonyl (C=O) groups excluding carboxylic acids is 2. The molecule has 0 aromatic heterocycles. The van der Waals surface area contributed by atoms with Crippen LogP contribution in [0.5, 0.6) is 0 Å². The van der Waals surface area contributed by atoms with Crippen LogP contribution in [0.2, 0.25) is 5.02 Å². The number of hydrogen-bond donors (Lipinski definition) is 2. The molecule has 2 aliphatic rings. The largest absolute Gasteiger partial charge is 0.379 e. The summed E-state index contributed by atoms with van der Waals surface area (Å²) >= 11 is 9.69. The molecule has 0 radical (unpaired) electrons. The van der Waals surface area contributed by atoms with Gasteiger partial charge < -0.3 is 15.4 Å². The number of anilines is 1. The van der Waals surface area contributed by atoms with Crippen LogP contribution in [0.25, 0.3) is 0 Å². The second-order valence-electron chi connectivity index (χ2n) is 6.85. The maximum Gasteiger partial charge on any atom is 0.238 e. The van der Waals surface area contributed by atoms with Crippen molar-refractivity contribution in [2.45, 2.75) is 23.9 Å². The van der Waals surface area contributed by atoms with Gasteiger partial charge in [0.1, 0.15) is 5.41 Å². The van der Waals surface area contributed by atoms with Crippen molar-refractivity contribution in [1.82, 2.24) is 5.32 Å². The summed E-state index contributed by atoms with van der Waals surface area (Å²) in [5.74, 6) is -0.622. The maximum atomic E-state index is 13.4. The summed E-state index contributed by atoms with van der Waals surface area (Å²) in [4.78, 5) is 25.8. The van der Waals surface area contributed by atoms with Crippen molar-refractivity contribution in [3.63, 3.8) is 0 Å². The number of ether oxygens (including phenoxy) is 1. The Morgan fingerprint density at radius 3 is 2.78 bits per heavy atom. The highest BCUT2D eigenvalue weighted by molar-refractivity contribution is 9.10. The van der Waals surface area contributed by atoms with Crippen molar-refractivity contribution in [2.75, 3.05) is 19.0 Å². The van der Waals surface area contributed by atoms with E-state index in [4.69, 9.17) is 16.3 Å². The Labute approximate surface area is 170 Å². The van der Waals surface area contributed by atoms with Gasteiger partial charge in [-0.25, -0.2) is 0 Å². The third-order valence-electron chi connectivity index (χ3n) is 5.52. The predicted octanol–water partition coefficient (Wildman–Crippen LogP) is 3.61. The highest BCUT2D eigenvalue weighted by atomic mass is 79.9. The number of carbonyl (C=O) groups is 2. The molecular formula is C20H18BrClN2O3. The summed E-state index contributed by atoms with van der Waals surface area (Å²) in [6.07, 6.45) is -0.498. The zero-order valence-corrected chi connectivity index (χ0v) is 16.9. The van der Waals surface area contributed by atoms with E-state index in [2.05, 4.69) is 26.6 Å². The Morgan fingerprint density at radius 1 is 1.22 bits per heavy atom. The van der Waals surface area contributed by atoms with Gasteiger partial charge in [-0.1, -0.05) is 45.7 Å². The van der Waals surface area contributed by atoms with Crippen molar-refractivity contribution in [3.05, 3.63) is 63.1 Å². The van der Waals surface area contributed by atoms with Crippen molar-refractivity contribution in [1.29, 1.82) is 0 Å². The van der Waals surface area contributed by atoms with Gasteiger partial charge in [-0.2, -0.15) is 0 Å². The van der Waals surface area contributed by atoms with Crippen LogP contribution in [0, 0.1) is 0 Å². The minimum absolute atomic E-state index is 0.108. The fraction of sp³-hybridized carbons (Fsp3) is 0.300. The van der Waals surface area contributed by atoms with Gasteiger partial charge in [0.25, 0.3) is 0 Å². The molecule has 2 aromatic carbocycles. The first-order chi connectivity index (χ1) is 13.0. The number of nitrogens with one attached hydrogen (secondary N) is 2. The van der Waals surface area contributed by atoms with Gasteiger partial charge in [-0.05, 0) is 35.4 Å². The van der Waals surface area contributed by atoms with E-state index in [1.807, 2.05) is 36.4 Å². The van der Waals surface area contributed by atoms with E-state index in [0.717, 1.165) is 21.3 Å². The zero-order valence-electron chi connectivity index (χ0n) is 14.6. The molecule has 27 heavy (non-hydrogen) atoms. The van der Waals surface area contributed by atoms with Crippen LogP contribution in [-0.2, 0) is 19.7 Å². The molecule has 2 amide bonds. The molecule has 7 heteroatoms. The molecule has 2 N–H and O–H groups in total. The van der Waals surface area contributed by atoms with E-state index in [0.29, 0.717) is 11.6 Å². The lowest BCUT2D eigenvalue weighted by Crippen LogP contribution is -2.51. The first kappa shape index (κ1) is 18.5. The molecule has 1 spiro atoms. The lowest BCUT2D eigenvalue weighted by Gasteiger charge is -2.39. The Balaban J connectivity index is 1.99. The normalized spacial score (nSPS) is 27.1. The minimum Gasteiger partial charge on any atom is -0.379 e. The van der Waals surface area contributed by atoms with E-state index in [9.17, 15) is 9.59 Å². The first-order valence-corrected chi connectivity index (χ1v) is 9.80. The zero-order chi connectivity index (χ0) is 19.2. The summed E-state index contributed by atoms with van der Waals surface area (Å²) in [5.41, 5.74) is 1.42. The van der Waals surface area contributed by atoms with Crippen LogP contribution in [-0.4, -0.2) is 31.6 Å². The van der Waals surface area contributed by atoms with E-state index in [1.54, 1.807) is 13.2 Å². The SMILES string of the molecule is COC1CC(=O)NCC(c2cccc(Cl)c2)C12C(=O)Nc1cc(Br)ccc12. The fourth-order valence-corrected chi connectivity index (χ4v) is 4.93. The Hall–Kier alpha value is -1.89. The molecule has 0 bridgehead atoms. The van der Waals surface area contributed by atoms with Gasteiger partial charge in [-0.15, -0.1) is 0 Å². The quantitative estimate of drug-likeness (QED) is 0.736. The molecule has 1 saturated heterocycles. The van der Waals surface area contributed by atoms with Gasteiger partial charge in [0.2, 0.25) is 11.8 Å². The smallest absolute Gasteiger partial charge is 0.238 e. The molecule has 1 fully saturated rings. The molecular weight excluding hydrogens is 432 g/mol. The molecule has 3 atom stereocenters. The van der Waals surface area contributed by atoms with Gasteiger partial charge >= 0.3 is 0 Å². The van der Waals surface area contributed by atoms with Gasteiger partial charge in [0.05, 0.1) is 12.5 Å². The van der Waals surface area contributed by atoms with Gasteiger partial charge in [-0.3, -0.25) is 9.59 Å². The van der Waals surface area contributed by atoms with Crippen LogP contribution in [0.4, 0.5) is 5.69 Å². The van der Waals surface area contributed by atoms with Crippen molar-refractivity contribution < 1.29 is 14.3 Å². The van der Waals surface area contributed by atoms with Crippen LogP contribution >= 0.6 is 27.5 Å². The van der Waals surface area contributed by atoms with E-state index in [-0.39, 0.29) is 24.2 Å². The monoisotopic (exact) mass is 448 g/mol. The molecule has 2 aliphatic heterocycles. The first-order valence-electron chi connectivity index (χ1n) is 8.63.